The highest BCUT2D eigenvalue weighted by molar-refractivity contribution is 7.80. The number of amides is 1. The second-order valence-electron chi connectivity index (χ2n) is 8.60. The number of benzene rings is 2. The number of para-hydroxylation sites is 2. The van der Waals surface area contributed by atoms with Crippen LogP contribution >= 0.6 is 23.8 Å². The fourth-order valence-corrected chi connectivity index (χ4v) is 5.16. The number of hydrogen-bond acceptors (Lipinski definition) is 4. The predicted octanol–water partition coefficient (Wildman–Crippen LogP) is 5.54. The van der Waals surface area contributed by atoms with Crippen molar-refractivity contribution in [3.63, 3.8) is 0 Å². The Kier molecular flexibility index (Phi) is 7.39. The van der Waals surface area contributed by atoms with E-state index in [-0.39, 0.29) is 24.4 Å². The Balaban J connectivity index is 1.44. The zero-order valence-electron chi connectivity index (χ0n) is 20.2. The standard InChI is InChI=1S/C28H26ClN5O2S/c1-36-24-13-3-2-10-21(24)31-25(35)14-17-34-27(26(32-28(34)37)22-11-4-5-15-30-22)23-12-7-16-33(23)20-9-6-8-19(29)18-20/h2-13,15-16,18,26-27H,14,17H2,1H3,(H,31,35)(H,32,37)/t26-,27+/m0/s1. The van der Waals surface area contributed by atoms with Gasteiger partial charge in [-0.3, -0.25) is 9.78 Å². The van der Waals surface area contributed by atoms with Crippen LogP contribution in [-0.4, -0.2) is 39.1 Å². The van der Waals surface area contributed by atoms with E-state index in [1.807, 2.05) is 79.0 Å². The Labute approximate surface area is 226 Å². The van der Waals surface area contributed by atoms with Crippen molar-refractivity contribution in [2.24, 2.45) is 0 Å². The van der Waals surface area contributed by atoms with Crippen LogP contribution in [0.4, 0.5) is 5.69 Å². The third-order valence-corrected chi connectivity index (χ3v) is 6.92. The van der Waals surface area contributed by atoms with E-state index in [9.17, 15) is 4.79 Å². The van der Waals surface area contributed by atoms with Crippen LogP contribution in [0.5, 0.6) is 5.75 Å². The minimum atomic E-state index is -0.199. The first-order chi connectivity index (χ1) is 18.0. The van der Waals surface area contributed by atoms with E-state index in [4.69, 9.17) is 28.6 Å². The summed E-state index contributed by atoms with van der Waals surface area (Å²) in [6.07, 6.45) is 4.02. The zero-order chi connectivity index (χ0) is 25.8. The van der Waals surface area contributed by atoms with E-state index >= 15 is 0 Å². The van der Waals surface area contributed by atoms with Crippen molar-refractivity contribution >= 4 is 40.5 Å². The topological polar surface area (TPSA) is 71.4 Å². The quantitative estimate of drug-likeness (QED) is 0.291. The number of aromatic nitrogens is 2. The molecule has 4 aromatic rings. The van der Waals surface area contributed by atoms with Crippen LogP contribution in [0.1, 0.15) is 29.9 Å². The Hall–Kier alpha value is -3.88. The zero-order valence-corrected chi connectivity index (χ0v) is 21.7. The van der Waals surface area contributed by atoms with Crippen LogP contribution in [-0.2, 0) is 4.79 Å². The molecule has 1 aliphatic heterocycles. The van der Waals surface area contributed by atoms with Crippen molar-refractivity contribution in [3.8, 4) is 11.4 Å². The number of pyridine rings is 1. The van der Waals surface area contributed by atoms with Gasteiger partial charge in [0, 0.05) is 41.8 Å². The highest BCUT2D eigenvalue weighted by atomic mass is 35.5. The van der Waals surface area contributed by atoms with Gasteiger partial charge in [-0.2, -0.15) is 0 Å². The molecule has 7 nitrogen and oxygen atoms in total. The number of methoxy groups -OCH3 is 1. The number of ether oxygens (including phenoxy) is 1. The monoisotopic (exact) mass is 531 g/mol. The summed E-state index contributed by atoms with van der Waals surface area (Å²) in [6, 6.07) is 24.6. The summed E-state index contributed by atoms with van der Waals surface area (Å²) < 4.78 is 7.46. The van der Waals surface area contributed by atoms with Gasteiger partial charge in [-0.1, -0.05) is 35.9 Å². The van der Waals surface area contributed by atoms with E-state index in [1.165, 1.54) is 0 Å². The molecular weight excluding hydrogens is 506 g/mol. The molecule has 37 heavy (non-hydrogen) atoms. The number of carbonyl (C=O) groups excluding carboxylic acids is 1. The maximum atomic E-state index is 12.9. The van der Waals surface area contributed by atoms with Crippen LogP contribution in [0.3, 0.4) is 0 Å². The van der Waals surface area contributed by atoms with Crippen molar-refractivity contribution < 1.29 is 9.53 Å². The van der Waals surface area contributed by atoms with Gasteiger partial charge < -0.3 is 24.8 Å². The molecule has 0 spiro atoms. The summed E-state index contributed by atoms with van der Waals surface area (Å²) >= 11 is 12.1. The number of halogens is 1. The number of hydrogen-bond donors (Lipinski definition) is 2. The SMILES string of the molecule is COc1ccccc1NC(=O)CCN1C(=S)N[C@@H](c2ccccn2)[C@H]1c1cccn1-c1cccc(Cl)c1. The van der Waals surface area contributed by atoms with E-state index in [2.05, 4.69) is 31.2 Å². The van der Waals surface area contributed by atoms with Gasteiger partial charge in [0.1, 0.15) is 5.75 Å². The van der Waals surface area contributed by atoms with Gasteiger partial charge in [0.25, 0.3) is 0 Å². The molecule has 3 heterocycles. The van der Waals surface area contributed by atoms with E-state index in [1.54, 1.807) is 13.3 Å². The fourth-order valence-electron chi connectivity index (χ4n) is 4.65. The number of thiocarbonyl (C=S) groups is 1. The minimum Gasteiger partial charge on any atom is -0.495 e. The van der Waals surface area contributed by atoms with Crippen LogP contribution in [0.15, 0.2) is 91.3 Å². The molecule has 5 rings (SSSR count). The van der Waals surface area contributed by atoms with Crippen molar-refractivity contribution in [2.75, 3.05) is 19.0 Å². The second kappa shape index (κ2) is 11.0. The molecule has 0 saturated carbocycles. The lowest BCUT2D eigenvalue weighted by Gasteiger charge is -2.29. The number of anilines is 1. The summed E-state index contributed by atoms with van der Waals surface area (Å²) in [5.74, 6) is 0.485. The molecule has 0 radical (unpaired) electrons. The van der Waals surface area contributed by atoms with Crippen molar-refractivity contribution in [3.05, 3.63) is 108 Å². The highest BCUT2D eigenvalue weighted by Gasteiger charge is 2.41. The average molecular weight is 532 g/mol. The van der Waals surface area contributed by atoms with Gasteiger partial charge in [0.15, 0.2) is 5.11 Å². The first-order valence-electron chi connectivity index (χ1n) is 11.9. The maximum Gasteiger partial charge on any atom is 0.226 e. The Morgan fingerprint density at radius 2 is 1.95 bits per heavy atom. The van der Waals surface area contributed by atoms with Gasteiger partial charge in [-0.25, -0.2) is 0 Å². The lowest BCUT2D eigenvalue weighted by Crippen LogP contribution is -2.33. The number of rotatable bonds is 8. The van der Waals surface area contributed by atoms with Crippen molar-refractivity contribution in [1.82, 2.24) is 19.8 Å². The summed E-state index contributed by atoms with van der Waals surface area (Å²) in [5.41, 5.74) is 3.46. The molecule has 1 aliphatic rings. The van der Waals surface area contributed by atoms with E-state index in [0.717, 1.165) is 17.1 Å². The Morgan fingerprint density at radius 1 is 1.11 bits per heavy atom. The maximum absolute atomic E-state index is 12.9. The molecule has 0 bridgehead atoms. The van der Waals surface area contributed by atoms with Crippen molar-refractivity contribution in [1.29, 1.82) is 0 Å². The molecule has 9 heteroatoms. The molecule has 1 fully saturated rings. The molecule has 1 amide bonds. The third kappa shape index (κ3) is 5.30. The molecule has 188 valence electrons. The van der Waals surface area contributed by atoms with Gasteiger partial charge in [-0.05, 0) is 66.8 Å². The molecule has 2 aromatic carbocycles. The molecule has 0 unspecified atom stereocenters. The van der Waals surface area contributed by atoms with E-state index in [0.29, 0.717) is 28.1 Å². The van der Waals surface area contributed by atoms with Crippen LogP contribution in [0, 0.1) is 0 Å². The first kappa shape index (κ1) is 24.8. The van der Waals surface area contributed by atoms with Crippen molar-refractivity contribution in [2.45, 2.75) is 18.5 Å². The molecule has 2 N–H and O–H groups in total. The highest BCUT2D eigenvalue weighted by Crippen LogP contribution is 2.39. The Bertz CT molecular complexity index is 1410. The Morgan fingerprint density at radius 3 is 2.73 bits per heavy atom. The van der Waals surface area contributed by atoms with Gasteiger partial charge >= 0.3 is 0 Å². The molecular formula is C28H26ClN5O2S. The smallest absolute Gasteiger partial charge is 0.226 e. The van der Waals surface area contributed by atoms with Crippen LogP contribution in [0.2, 0.25) is 5.02 Å². The summed E-state index contributed by atoms with van der Waals surface area (Å²) in [6.45, 7) is 0.418. The average Bonchev–Trinajstić information content (AvgIpc) is 3.52. The molecule has 2 aromatic heterocycles. The lowest BCUT2D eigenvalue weighted by molar-refractivity contribution is -0.116. The third-order valence-electron chi connectivity index (χ3n) is 6.33. The van der Waals surface area contributed by atoms with E-state index < -0.39 is 0 Å². The molecule has 0 aliphatic carbocycles. The second-order valence-corrected chi connectivity index (χ2v) is 9.42. The van der Waals surface area contributed by atoms with Gasteiger partial charge in [-0.15, -0.1) is 0 Å². The number of nitrogens with zero attached hydrogens (tertiary/aromatic N) is 3. The molecule has 2 atom stereocenters. The number of carbonyl (C=O) groups is 1. The largest absolute Gasteiger partial charge is 0.495 e. The van der Waals surface area contributed by atoms with Gasteiger partial charge in [0.05, 0.1) is 30.6 Å². The van der Waals surface area contributed by atoms with Gasteiger partial charge in [0.2, 0.25) is 5.91 Å². The summed E-state index contributed by atoms with van der Waals surface area (Å²) in [7, 11) is 1.58. The molecule has 1 saturated heterocycles. The van der Waals surface area contributed by atoms with Crippen LogP contribution in [0.25, 0.3) is 5.69 Å². The first-order valence-corrected chi connectivity index (χ1v) is 12.7. The number of nitrogens with one attached hydrogen (secondary N) is 2. The fraction of sp³-hybridized carbons (Fsp3) is 0.179. The summed E-state index contributed by atoms with van der Waals surface area (Å²) in [4.78, 5) is 19.6. The predicted molar refractivity (Wildman–Crippen MR) is 149 cm³/mol. The lowest BCUT2D eigenvalue weighted by atomic mass is 10.0. The van der Waals surface area contributed by atoms with Crippen LogP contribution < -0.4 is 15.4 Å². The minimum absolute atomic E-state index is 0.127. The normalized spacial score (nSPS) is 16.9. The summed E-state index contributed by atoms with van der Waals surface area (Å²) in [5, 5.41) is 7.62.